The Bertz CT molecular complexity index is 223. The Kier molecular flexibility index (Phi) is 3.68. The molecule has 0 radical (unpaired) electrons. The molecule has 1 rings (SSSR count). The Morgan fingerprint density at radius 3 is 3.15 bits per heavy atom. The zero-order valence-electron chi connectivity index (χ0n) is 7.49. The summed E-state index contributed by atoms with van der Waals surface area (Å²) in [4.78, 5) is 12.9. The highest BCUT2D eigenvalue weighted by Gasteiger charge is 2.22. The van der Waals surface area contributed by atoms with Gasteiger partial charge in [-0.2, -0.15) is 5.26 Å². The maximum absolute atomic E-state index is 10.8. The second kappa shape index (κ2) is 4.80. The lowest BCUT2D eigenvalue weighted by molar-refractivity contribution is -0.121. The summed E-state index contributed by atoms with van der Waals surface area (Å²) in [6.07, 6.45) is 0.505. The minimum Gasteiger partial charge on any atom is -0.368 e. The fourth-order valence-electron chi connectivity index (χ4n) is 1.41. The summed E-state index contributed by atoms with van der Waals surface area (Å²) in [6.45, 7) is 2.99. The van der Waals surface area contributed by atoms with Gasteiger partial charge in [-0.25, -0.2) is 0 Å². The summed E-state index contributed by atoms with van der Waals surface area (Å²) in [5.74, 6) is -0.318. The van der Waals surface area contributed by atoms with E-state index in [1.807, 2.05) is 0 Å². The van der Waals surface area contributed by atoms with E-state index in [1.165, 1.54) is 0 Å². The third-order valence-corrected chi connectivity index (χ3v) is 2.14. The second-order valence-electron chi connectivity index (χ2n) is 3.12. The van der Waals surface area contributed by atoms with Gasteiger partial charge >= 0.3 is 0 Å². The summed E-state index contributed by atoms with van der Waals surface area (Å²) in [7, 11) is 0. The molecular formula is C8H14N4O. The van der Waals surface area contributed by atoms with Crippen LogP contribution >= 0.6 is 0 Å². The maximum Gasteiger partial charge on any atom is 0.235 e. The normalized spacial score (nSPS) is 23.8. The van der Waals surface area contributed by atoms with Crippen molar-refractivity contribution >= 4 is 5.91 Å². The highest BCUT2D eigenvalue weighted by Crippen LogP contribution is 1.99. The molecule has 3 N–H and O–H groups in total. The van der Waals surface area contributed by atoms with Crippen LogP contribution in [0.2, 0.25) is 0 Å². The van der Waals surface area contributed by atoms with Gasteiger partial charge < -0.3 is 11.1 Å². The first kappa shape index (κ1) is 9.96. The van der Waals surface area contributed by atoms with Gasteiger partial charge in [-0.05, 0) is 0 Å². The number of nitrogens with one attached hydrogen (secondary N) is 1. The minimum atomic E-state index is -0.318. The molecule has 5 nitrogen and oxygen atoms in total. The van der Waals surface area contributed by atoms with E-state index in [1.54, 1.807) is 0 Å². The van der Waals surface area contributed by atoms with Crippen molar-refractivity contribution in [3.05, 3.63) is 0 Å². The fraction of sp³-hybridized carbons (Fsp3) is 0.750. The number of nitriles is 1. The van der Waals surface area contributed by atoms with Crippen LogP contribution in [-0.4, -0.2) is 43.0 Å². The molecule has 1 aliphatic rings. The summed E-state index contributed by atoms with van der Waals surface area (Å²) >= 11 is 0. The minimum absolute atomic E-state index is 0.257. The number of nitrogens with two attached hydrogens (primary N) is 1. The van der Waals surface area contributed by atoms with Gasteiger partial charge in [-0.1, -0.05) is 0 Å². The van der Waals surface area contributed by atoms with Gasteiger partial charge in [-0.3, -0.25) is 9.69 Å². The van der Waals surface area contributed by atoms with E-state index >= 15 is 0 Å². The molecular weight excluding hydrogens is 168 g/mol. The number of amides is 1. The number of hydrogen-bond acceptors (Lipinski definition) is 4. The van der Waals surface area contributed by atoms with Crippen LogP contribution in [0.3, 0.4) is 0 Å². The maximum atomic E-state index is 10.8. The molecule has 1 atom stereocenters. The average molecular weight is 182 g/mol. The Hall–Kier alpha value is -1.12. The summed E-state index contributed by atoms with van der Waals surface area (Å²) in [5.41, 5.74) is 5.16. The number of piperazine rings is 1. The number of primary amides is 1. The van der Waals surface area contributed by atoms with Crippen molar-refractivity contribution in [3.63, 3.8) is 0 Å². The van der Waals surface area contributed by atoms with E-state index in [4.69, 9.17) is 11.0 Å². The van der Waals surface area contributed by atoms with E-state index in [0.29, 0.717) is 13.0 Å². The molecule has 1 amide bonds. The molecule has 1 unspecified atom stereocenters. The molecule has 0 aliphatic carbocycles. The number of nitrogens with zero attached hydrogens (tertiary/aromatic N) is 2. The van der Waals surface area contributed by atoms with Crippen molar-refractivity contribution in [2.75, 3.05) is 26.2 Å². The number of carbonyl (C=O) groups is 1. The summed E-state index contributed by atoms with van der Waals surface area (Å²) < 4.78 is 0. The molecule has 0 aromatic rings. The molecule has 72 valence electrons. The predicted octanol–water partition coefficient (Wildman–Crippen LogP) is -1.34. The fourth-order valence-corrected chi connectivity index (χ4v) is 1.41. The van der Waals surface area contributed by atoms with Crippen LogP contribution in [0.1, 0.15) is 6.42 Å². The van der Waals surface area contributed by atoms with Gasteiger partial charge in [0.2, 0.25) is 5.91 Å². The SMILES string of the molecule is N#CCCN1CCNC(C(N)=O)C1. The molecule has 1 fully saturated rings. The number of hydrogen-bond donors (Lipinski definition) is 2. The van der Waals surface area contributed by atoms with Crippen molar-refractivity contribution in [1.29, 1.82) is 5.26 Å². The molecule has 0 saturated carbocycles. The van der Waals surface area contributed by atoms with Crippen LogP contribution in [0.15, 0.2) is 0 Å². The Morgan fingerprint density at radius 2 is 2.54 bits per heavy atom. The Morgan fingerprint density at radius 1 is 1.77 bits per heavy atom. The van der Waals surface area contributed by atoms with Gasteiger partial charge in [0.25, 0.3) is 0 Å². The average Bonchev–Trinajstić information content (AvgIpc) is 2.15. The van der Waals surface area contributed by atoms with E-state index in [9.17, 15) is 4.79 Å². The molecule has 0 aromatic carbocycles. The monoisotopic (exact) mass is 182 g/mol. The van der Waals surface area contributed by atoms with Crippen LogP contribution in [0.25, 0.3) is 0 Å². The molecule has 13 heavy (non-hydrogen) atoms. The van der Waals surface area contributed by atoms with Crippen LogP contribution in [0.4, 0.5) is 0 Å². The molecule has 1 heterocycles. The highest BCUT2D eigenvalue weighted by molar-refractivity contribution is 5.80. The lowest BCUT2D eigenvalue weighted by Gasteiger charge is -2.31. The van der Waals surface area contributed by atoms with Gasteiger partial charge in [0.05, 0.1) is 12.1 Å². The molecule has 0 bridgehead atoms. The second-order valence-corrected chi connectivity index (χ2v) is 3.12. The first-order chi connectivity index (χ1) is 6.24. The van der Waals surface area contributed by atoms with Crippen LogP contribution < -0.4 is 11.1 Å². The van der Waals surface area contributed by atoms with E-state index in [2.05, 4.69) is 16.3 Å². The van der Waals surface area contributed by atoms with Crippen molar-refractivity contribution in [2.24, 2.45) is 5.73 Å². The Balaban J connectivity index is 2.34. The third kappa shape index (κ3) is 3.01. The standard InChI is InChI=1S/C8H14N4O/c9-2-1-4-12-5-3-11-7(6-12)8(10)13/h7,11H,1,3-6H2,(H2,10,13). The molecule has 5 heteroatoms. The largest absolute Gasteiger partial charge is 0.368 e. The zero-order valence-corrected chi connectivity index (χ0v) is 7.49. The summed E-state index contributed by atoms with van der Waals surface area (Å²) in [5, 5.41) is 11.4. The molecule has 0 aromatic heterocycles. The lowest BCUT2D eigenvalue weighted by Crippen LogP contribution is -2.56. The summed E-state index contributed by atoms with van der Waals surface area (Å²) in [6, 6.07) is 1.82. The molecule has 0 spiro atoms. The number of carbonyl (C=O) groups excluding carboxylic acids is 1. The Labute approximate surface area is 77.5 Å². The first-order valence-electron chi connectivity index (χ1n) is 4.36. The number of rotatable bonds is 3. The molecule has 1 aliphatic heterocycles. The zero-order chi connectivity index (χ0) is 9.68. The first-order valence-corrected chi connectivity index (χ1v) is 4.36. The van der Waals surface area contributed by atoms with Crippen molar-refractivity contribution in [3.8, 4) is 6.07 Å². The van der Waals surface area contributed by atoms with Gasteiger partial charge in [0.1, 0.15) is 0 Å². The van der Waals surface area contributed by atoms with Gasteiger partial charge in [0.15, 0.2) is 0 Å². The van der Waals surface area contributed by atoms with E-state index in [0.717, 1.165) is 19.6 Å². The van der Waals surface area contributed by atoms with Crippen molar-refractivity contribution in [2.45, 2.75) is 12.5 Å². The van der Waals surface area contributed by atoms with Crippen LogP contribution in [0, 0.1) is 11.3 Å². The van der Waals surface area contributed by atoms with Crippen LogP contribution in [-0.2, 0) is 4.79 Å². The van der Waals surface area contributed by atoms with Crippen LogP contribution in [0.5, 0.6) is 0 Å². The van der Waals surface area contributed by atoms with E-state index in [-0.39, 0.29) is 11.9 Å². The third-order valence-electron chi connectivity index (χ3n) is 2.14. The van der Waals surface area contributed by atoms with Gasteiger partial charge in [-0.15, -0.1) is 0 Å². The topological polar surface area (TPSA) is 82.2 Å². The van der Waals surface area contributed by atoms with Crippen molar-refractivity contribution < 1.29 is 4.79 Å². The van der Waals surface area contributed by atoms with E-state index < -0.39 is 0 Å². The smallest absolute Gasteiger partial charge is 0.235 e. The molecule has 1 saturated heterocycles. The quantitative estimate of drug-likeness (QED) is 0.566. The van der Waals surface area contributed by atoms with Gasteiger partial charge in [0, 0.05) is 32.6 Å². The predicted molar refractivity (Wildman–Crippen MR) is 47.7 cm³/mol. The highest BCUT2D eigenvalue weighted by atomic mass is 16.1. The lowest BCUT2D eigenvalue weighted by atomic mass is 10.2. The van der Waals surface area contributed by atoms with Crippen molar-refractivity contribution in [1.82, 2.24) is 10.2 Å².